The number of aliphatic carboxylic acids is 1. The molecule has 0 aromatic rings. The van der Waals surface area contributed by atoms with Crippen LogP contribution in [0.5, 0.6) is 0 Å². The van der Waals surface area contributed by atoms with Crippen molar-refractivity contribution in [3.05, 3.63) is 72.9 Å². The van der Waals surface area contributed by atoms with Gasteiger partial charge in [0.25, 0.3) is 0 Å². The molecule has 0 unspecified atom stereocenters. The first-order valence-electron chi connectivity index (χ1n) is 9.12. The zero-order valence-corrected chi connectivity index (χ0v) is 15.6. The van der Waals surface area contributed by atoms with Gasteiger partial charge in [0.15, 0.2) is 0 Å². The number of aliphatic hydroxyl groups is 2. The number of carboxylic acid groups (broad SMARTS) is 1. The molecule has 0 aromatic heterocycles. The van der Waals surface area contributed by atoms with E-state index in [0.717, 1.165) is 12.8 Å². The summed E-state index contributed by atoms with van der Waals surface area (Å²) < 4.78 is 0. The predicted molar refractivity (Wildman–Crippen MR) is 108 cm³/mol. The van der Waals surface area contributed by atoms with E-state index in [1.54, 1.807) is 30.4 Å². The van der Waals surface area contributed by atoms with Crippen LogP contribution in [0.3, 0.4) is 0 Å². The molecule has 0 saturated carbocycles. The molecule has 4 nitrogen and oxygen atoms in total. The van der Waals surface area contributed by atoms with Crippen molar-refractivity contribution in [2.24, 2.45) is 0 Å². The number of allylic oxidation sites excluding steroid dienone is 8. The fraction of sp³-hybridized carbons (Fsp3) is 0.409. The van der Waals surface area contributed by atoms with Crippen molar-refractivity contribution in [1.29, 1.82) is 0 Å². The van der Waals surface area contributed by atoms with Gasteiger partial charge in [0.1, 0.15) is 0 Å². The fourth-order valence-corrected chi connectivity index (χ4v) is 1.92. The van der Waals surface area contributed by atoms with Gasteiger partial charge in [-0.15, -0.1) is 0 Å². The largest absolute Gasteiger partial charge is 0.481 e. The van der Waals surface area contributed by atoms with Gasteiger partial charge in [-0.2, -0.15) is 0 Å². The third-order valence-electron chi connectivity index (χ3n) is 3.28. The van der Waals surface area contributed by atoms with E-state index in [1.807, 2.05) is 42.5 Å². The van der Waals surface area contributed by atoms with Crippen molar-refractivity contribution in [2.45, 2.75) is 57.7 Å². The molecule has 144 valence electrons. The molecular weight excluding hydrogens is 328 g/mol. The average molecular weight is 360 g/mol. The van der Waals surface area contributed by atoms with E-state index in [1.165, 1.54) is 0 Å². The molecule has 0 spiro atoms. The minimum absolute atomic E-state index is 0.149. The molecule has 4 heteroatoms. The van der Waals surface area contributed by atoms with Crippen molar-refractivity contribution in [1.82, 2.24) is 0 Å². The van der Waals surface area contributed by atoms with E-state index >= 15 is 0 Å². The topological polar surface area (TPSA) is 77.8 Å². The molecule has 0 rings (SSSR count). The van der Waals surface area contributed by atoms with Gasteiger partial charge in [0.2, 0.25) is 0 Å². The highest BCUT2D eigenvalue weighted by Gasteiger charge is 1.94. The van der Waals surface area contributed by atoms with E-state index in [2.05, 4.69) is 6.92 Å². The van der Waals surface area contributed by atoms with Crippen LogP contribution < -0.4 is 0 Å². The molecule has 0 aromatic carbocycles. The molecule has 0 amide bonds. The van der Waals surface area contributed by atoms with Crippen LogP contribution in [-0.4, -0.2) is 33.5 Å². The third kappa shape index (κ3) is 18.2. The molecule has 2 atom stereocenters. The highest BCUT2D eigenvalue weighted by molar-refractivity contribution is 5.66. The molecule has 0 aliphatic rings. The highest BCUT2D eigenvalue weighted by atomic mass is 16.4. The van der Waals surface area contributed by atoms with Crippen molar-refractivity contribution < 1.29 is 20.1 Å². The number of aliphatic hydroxyl groups excluding tert-OH is 2. The molecular formula is C22H32O4. The summed E-state index contributed by atoms with van der Waals surface area (Å²) in [5.41, 5.74) is 0. The smallest absolute Gasteiger partial charge is 0.303 e. The molecule has 0 bridgehead atoms. The molecule has 0 fully saturated rings. The first-order chi connectivity index (χ1) is 12.6. The quantitative estimate of drug-likeness (QED) is 0.242. The van der Waals surface area contributed by atoms with Crippen LogP contribution in [0.4, 0.5) is 0 Å². The third-order valence-corrected chi connectivity index (χ3v) is 3.28. The molecule has 3 N–H and O–H groups in total. The van der Waals surface area contributed by atoms with Crippen molar-refractivity contribution in [3.8, 4) is 0 Å². The van der Waals surface area contributed by atoms with Crippen LogP contribution in [0, 0.1) is 0 Å². The summed E-state index contributed by atoms with van der Waals surface area (Å²) in [6.45, 7) is 2.06. The maximum Gasteiger partial charge on any atom is 0.303 e. The number of hydrogen-bond donors (Lipinski definition) is 3. The van der Waals surface area contributed by atoms with Crippen LogP contribution in [0.25, 0.3) is 0 Å². The maximum atomic E-state index is 10.3. The molecule has 0 aliphatic heterocycles. The van der Waals surface area contributed by atoms with Crippen LogP contribution in [0.15, 0.2) is 72.9 Å². The molecule has 26 heavy (non-hydrogen) atoms. The van der Waals surface area contributed by atoms with E-state index < -0.39 is 18.2 Å². The van der Waals surface area contributed by atoms with E-state index in [-0.39, 0.29) is 6.42 Å². The van der Waals surface area contributed by atoms with Crippen molar-refractivity contribution >= 4 is 5.97 Å². The second kappa shape index (κ2) is 17.6. The SMILES string of the molecule is CC/C=C\C[C@H](O)/C=C/C=C\C/C=C\C=C\[C@@H](O)/C=C\CCCC(=O)O. The first-order valence-corrected chi connectivity index (χ1v) is 9.12. The number of rotatable bonds is 14. The summed E-state index contributed by atoms with van der Waals surface area (Å²) in [5, 5.41) is 27.9. The number of carboxylic acids is 1. The summed E-state index contributed by atoms with van der Waals surface area (Å²) in [4.78, 5) is 10.3. The minimum Gasteiger partial charge on any atom is -0.481 e. The second-order valence-corrected chi connectivity index (χ2v) is 5.75. The molecule has 0 heterocycles. The Morgan fingerprint density at radius 3 is 2.23 bits per heavy atom. The van der Waals surface area contributed by atoms with Gasteiger partial charge in [-0.3, -0.25) is 4.79 Å². The highest BCUT2D eigenvalue weighted by Crippen LogP contribution is 1.99. The Balaban J connectivity index is 3.87. The average Bonchev–Trinajstić information content (AvgIpc) is 2.60. The Morgan fingerprint density at radius 2 is 1.58 bits per heavy atom. The van der Waals surface area contributed by atoms with Crippen LogP contribution in [0.2, 0.25) is 0 Å². The maximum absolute atomic E-state index is 10.3. The van der Waals surface area contributed by atoms with Gasteiger partial charge < -0.3 is 15.3 Å². The Bertz CT molecular complexity index is 524. The van der Waals surface area contributed by atoms with Gasteiger partial charge >= 0.3 is 5.97 Å². The van der Waals surface area contributed by atoms with E-state index in [4.69, 9.17) is 5.11 Å². The van der Waals surface area contributed by atoms with Gasteiger partial charge in [-0.05, 0) is 32.1 Å². The van der Waals surface area contributed by atoms with E-state index in [9.17, 15) is 15.0 Å². The fourth-order valence-electron chi connectivity index (χ4n) is 1.92. The Morgan fingerprint density at radius 1 is 0.885 bits per heavy atom. The normalized spacial score (nSPS) is 15.5. The first kappa shape index (κ1) is 23.8. The lowest BCUT2D eigenvalue weighted by atomic mass is 10.2. The lowest BCUT2D eigenvalue weighted by Crippen LogP contribution is -1.98. The zero-order valence-electron chi connectivity index (χ0n) is 15.6. The number of carbonyl (C=O) groups is 1. The number of hydrogen-bond acceptors (Lipinski definition) is 3. The Labute approximate surface area is 157 Å². The van der Waals surface area contributed by atoms with Crippen molar-refractivity contribution in [3.63, 3.8) is 0 Å². The second-order valence-electron chi connectivity index (χ2n) is 5.75. The summed E-state index contributed by atoms with van der Waals surface area (Å²) in [6, 6.07) is 0. The predicted octanol–water partition coefficient (Wildman–Crippen LogP) is 4.49. The monoisotopic (exact) mass is 360 g/mol. The lowest BCUT2D eigenvalue weighted by molar-refractivity contribution is -0.137. The lowest BCUT2D eigenvalue weighted by Gasteiger charge is -1.98. The summed E-state index contributed by atoms with van der Waals surface area (Å²) in [5.74, 6) is -0.797. The zero-order chi connectivity index (χ0) is 19.5. The molecule has 0 saturated heterocycles. The van der Waals surface area contributed by atoms with E-state index in [0.29, 0.717) is 19.3 Å². The van der Waals surface area contributed by atoms with Gasteiger partial charge in [0.05, 0.1) is 12.2 Å². The van der Waals surface area contributed by atoms with Gasteiger partial charge in [-0.25, -0.2) is 0 Å². The minimum atomic E-state index is -0.797. The van der Waals surface area contributed by atoms with Gasteiger partial charge in [0, 0.05) is 6.42 Å². The van der Waals surface area contributed by atoms with Gasteiger partial charge in [-0.1, -0.05) is 79.8 Å². The summed E-state index contributed by atoms with van der Waals surface area (Å²) in [6.07, 6.45) is 24.9. The summed E-state index contributed by atoms with van der Waals surface area (Å²) in [7, 11) is 0. The Kier molecular flexibility index (Phi) is 16.2. The number of unbranched alkanes of at least 4 members (excludes halogenated alkanes) is 1. The van der Waals surface area contributed by atoms with Crippen LogP contribution in [-0.2, 0) is 4.79 Å². The van der Waals surface area contributed by atoms with Crippen LogP contribution in [0.1, 0.15) is 45.4 Å². The molecule has 0 aliphatic carbocycles. The Hall–Kier alpha value is -2.17. The molecule has 0 radical (unpaired) electrons. The standard InChI is InChI=1S/C22H32O4/c1-2-3-10-15-20(23)16-11-7-5-4-6-8-12-17-21(24)18-13-9-14-19-22(25)26/h3,5-8,10-13,16-18,20-21,23-24H,2,4,9,14-15,19H2,1H3,(H,25,26)/b7-5-,8-6-,10-3-,16-11+,17-12+,18-13-/t20-,21+/m0/s1. The van der Waals surface area contributed by atoms with Crippen molar-refractivity contribution in [2.75, 3.05) is 0 Å². The van der Waals surface area contributed by atoms with Crippen LogP contribution >= 0.6 is 0 Å². The summed E-state index contributed by atoms with van der Waals surface area (Å²) >= 11 is 0.